The summed E-state index contributed by atoms with van der Waals surface area (Å²) in [5, 5.41) is 8.39. The summed E-state index contributed by atoms with van der Waals surface area (Å²) >= 11 is 0. The van der Waals surface area contributed by atoms with Crippen LogP contribution in [0.5, 0.6) is 0 Å². The van der Waals surface area contributed by atoms with Crippen molar-refractivity contribution < 1.29 is 10.0 Å². The van der Waals surface area contributed by atoms with E-state index in [0.717, 1.165) is 18.7 Å². The fourth-order valence-corrected chi connectivity index (χ4v) is 2.12. The number of carbonyl (C=O) groups excluding carboxylic acids is 1. The van der Waals surface area contributed by atoms with Gasteiger partial charge in [0.2, 0.25) is 0 Å². The molecule has 0 aliphatic heterocycles. The Hall–Kier alpha value is -1.65. The molecule has 2 N–H and O–H groups in total. The second-order valence-electron chi connectivity index (χ2n) is 6.28. The fraction of sp³-hybridized carbons (Fsp3) is 0.438. The zero-order valence-electron chi connectivity index (χ0n) is 12.7. The second kappa shape index (κ2) is 7.22. The Labute approximate surface area is 121 Å². The van der Waals surface area contributed by atoms with E-state index in [1.54, 1.807) is 11.6 Å². The van der Waals surface area contributed by atoms with Crippen LogP contribution in [0.15, 0.2) is 30.3 Å². The summed E-state index contributed by atoms with van der Waals surface area (Å²) in [6.45, 7) is 8.61. The van der Waals surface area contributed by atoms with Crippen molar-refractivity contribution in [3.05, 3.63) is 41.5 Å². The summed E-state index contributed by atoms with van der Waals surface area (Å²) in [5.74, 6) is -0.529. The maximum absolute atomic E-state index is 10.9. The second-order valence-corrected chi connectivity index (χ2v) is 6.28. The van der Waals surface area contributed by atoms with Crippen molar-refractivity contribution in [1.82, 2.24) is 10.4 Å². The van der Waals surface area contributed by atoms with Crippen LogP contribution >= 0.6 is 0 Å². The van der Waals surface area contributed by atoms with Crippen molar-refractivity contribution in [3.8, 4) is 0 Å². The summed E-state index contributed by atoms with van der Waals surface area (Å²) in [5.41, 5.74) is 4.01. The number of hydrogen-bond donors (Lipinski definition) is 2. The minimum atomic E-state index is -0.529. The van der Waals surface area contributed by atoms with Gasteiger partial charge in [-0.05, 0) is 29.7 Å². The third-order valence-corrected chi connectivity index (χ3v) is 2.71. The molecular weight excluding hydrogens is 252 g/mol. The van der Waals surface area contributed by atoms with Gasteiger partial charge in [0.1, 0.15) is 0 Å². The Morgan fingerprint density at radius 1 is 1.30 bits per heavy atom. The average Bonchev–Trinajstić information content (AvgIpc) is 2.35. The first kappa shape index (κ1) is 16.4. The number of amides is 1. The van der Waals surface area contributed by atoms with E-state index in [1.807, 2.05) is 12.1 Å². The van der Waals surface area contributed by atoms with Gasteiger partial charge in [-0.15, -0.1) is 0 Å². The Kier molecular flexibility index (Phi) is 5.92. The molecule has 0 aliphatic carbocycles. The van der Waals surface area contributed by atoms with Crippen molar-refractivity contribution in [2.75, 3.05) is 13.6 Å². The predicted octanol–water partition coefficient (Wildman–Crippen LogP) is 2.68. The van der Waals surface area contributed by atoms with Crippen molar-refractivity contribution in [2.24, 2.45) is 5.41 Å². The number of nitrogens with one attached hydrogen (secondary N) is 1. The SMILES string of the molecule is CN(Cc1ccc(/C=C/C(=O)NO)cc1)CC(C)(C)C. The fourth-order valence-electron chi connectivity index (χ4n) is 2.12. The van der Waals surface area contributed by atoms with E-state index < -0.39 is 5.91 Å². The average molecular weight is 276 g/mol. The highest BCUT2D eigenvalue weighted by molar-refractivity contribution is 5.90. The van der Waals surface area contributed by atoms with Crippen LogP contribution in [0.2, 0.25) is 0 Å². The lowest BCUT2D eigenvalue weighted by atomic mass is 9.96. The molecule has 4 nitrogen and oxygen atoms in total. The zero-order chi connectivity index (χ0) is 15.2. The van der Waals surface area contributed by atoms with E-state index in [2.05, 4.69) is 44.9 Å². The molecule has 1 aromatic carbocycles. The minimum Gasteiger partial charge on any atom is -0.302 e. The van der Waals surface area contributed by atoms with Crippen LogP contribution in [-0.4, -0.2) is 29.6 Å². The molecular formula is C16H24N2O2. The van der Waals surface area contributed by atoms with Crippen LogP contribution in [0, 0.1) is 5.41 Å². The van der Waals surface area contributed by atoms with E-state index >= 15 is 0 Å². The van der Waals surface area contributed by atoms with Crippen molar-refractivity contribution in [2.45, 2.75) is 27.3 Å². The molecule has 0 spiro atoms. The summed E-state index contributed by atoms with van der Waals surface area (Å²) < 4.78 is 0. The number of nitrogens with zero attached hydrogens (tertiary/aromatic N) is 1. The van der Waals surface area contributed by atoms with Gasteiger partial charge in [0.15, 0.2) is 0 Å². The van der Waals surface area contributed by atoms with Crippen LogP contribution in [0.4, 0.5) is 0 Å². The largest absolute Gasteiger partial charge is 0.302 e. The number of carbonyl (C=O) groups is 1. The van der Waals surface area contributed by atoms with Crippen LogP contribution in [-0.2, 0) is 11.3 Å². The third-order valence-electron chi connectivity index (χ3n) is 2.71. The maximum Gasteiger partial charge on any atom is 0.267 e. The molecule has 110 valence electrons. The summed E-state index contributed by atoms with van der Waals surface area (Å²) in [6, 6.07) is 8.02. The standard InChI is InChI=1S/C16H24N2O2/c1-16(2,3)12-18(4)11-14-7-5-13(6-8-14)9-10-15(19)17-20/h5-10,20H,11-12H2,1-4H3,(H,17,19)/b10-9+. The van der Waals surface area contributed by atoms with Gasteiger partial charge in [-0.2, -0.15) is 0 Å². The van der Waals surface area contributed by atoms with Crippen LogP contribution in [0.1, 0.15) is 31.9 Å². The smallest absolute Gasteiger partial charge is 0.267 e. The molecule has 0 bridgehead atoms. The van der Waals surface area contributed by atoms with Gasteiger partial charge in [-0.25, -0.2) is 5.48 Å². The molecule has 4 heteroatoms. The van der Waals surface area contributed by atoms with Crippen molar-refractivity contribution in [3.63, 3.8) is 0 Å². The lowest BCUT2D eigenvalue weighted by Gasteiger charge is -2.26. The van der Waals surface area contributed by atoms with Gasteiger partial charge in [-0.1, -0.05) is 45.0 Å². The van der Waals surface area contributed by atoms with E-state index in [0.29, 0.717) is 0 Å². The predicted molar refractivity (Wildman–Crippen MR) is 81.2 cm³/mol. The quantitative estimate of drug-likeness (QED) is 0.494. The van der Waals surface area contributed by atoms with Gasteiger partial charge in [0.25, 0.3) is 5.91 Å². The van der Waals surface area contributed by atoms with Gasteiger partial charge in [0, 0.05) is 19.2 Å². The van der Waals surface area contributed by atoms with Gasteiger partial charge in [-0.3, -0.25) is 10.0 Å². The monoisotopic (exact) mass is 276 g/mol. The highest BCUT2D eigenvalue weighted by atomic mass is 16.5. The number of hydroxylamine groups is 1. The Bertz CT molecular complexity index is 458. The van der Waals surface area contributed by atoms with Crippen molar-refractivity contribution in [1.29, 1.82) is 0 Å². The molecule has 0 saturated heterocycles. The number of hydrogen-bond acceptors (Lipinski definition) is 3. The summed E-state index contributed by atoms with van der Waals surface area (Å²) in [7, 11) is 2.12. The molecule has 0 fully saturated rings. The molecule has 1 aromatic rings. The van der Waals surface area contributed by atoms with Crippen molar-refractivity contribution >= 4 is 12.0 Å². The Morgan fingerprint density at radius 2 is 1.90 bits per heavy atom. The molecule has 20 heavy (non-hydrogen) atoms. The maximum atomic E-state index is 10.9. The molecule has 0 unspecified atom stereocenters. The number of benzene rings is 1. The van der Waals surface area contributed by atoms with E-state index in [9.17, 15) is 4.79 Å². The molecule has 1 rings (SSSR count). The highest BCUT2D eigenvalue weighted by Gasteiger charge is 2.13. The third kappa shape index (κ3) is 6.50. The molecule has 1 amide bonds. The van der Waals surface area contributed by atoms with Crippen LogP contribution < -0.4 is 5.48 Å². The molecule has 0 heterocycles. The molecule has 0 aromatic heterocycles. The minimum absolute atomic E-state index is 0.287. The van der Waals surface area contributed by atoms with Gasteiger partial charge in [0.05, 0.1) is 0 Å². The van der Waals surface area contributed by atoms with E-state index in [4.69, 9.17) is 5.21 Å². The van der Waals surface area contributed by atoms with E-state index in [-0.39, 0.29) is 5.41 Å². The molecule has 0 atom stereocenters. The normalized spacial score (nSPS) is 12.1. The Balaban J connectivity index is 2.58. The first-order chi connectivity index (χ1) is 9.30. The van der Waals surface area contributed by atoms with Gasteiger partial charge < -0.3 is 4.90 Å². The first-order valence-electron chi connectivity index (χ1n) is 6.70. The summed E-state index contributed by atoms with van der Waals surface area (Å²) in [6.07, 6.45) is 2.95. The zero-order valence-corrected chi connectivity index (χ0v) is 12.7. The molecule has 0 saturated carbocycles. The van der Waals surface area contributed by atoms with Crippen LogP contribution in [0.3, 0.4) is 0 Å². The topological polar surface area (TPSA) is 52.6 Å². The van der Waals surface area contributed by atoms with Crippen LogP contribution in [0.25, 0.3) is 6.08 Å². The number of rotatable bonds is 5. The molecule has 0 aliphatic rings. The van der Waals surface area contributed by atoms with Gasteiger partial charge >= 0.3 is 0 Å². The Morgan fingerprint density at radius 3 is 2.40 bits per heavy atom. The first-order valence-corrected chi connectivity index (χ1v) is 6.70. The van der Waals surface area contributed by atoms with E-state index in [1.165, 1.54) is 11.6 Å². The molecule has 0 radical (unpaired) electrons. The summed E-state index contributed by atoms with van der Waals surface area (Å²) in [4.78, 5) is 13.2. The highest BCUT2D eigenvalue weighted by Crippen LogP contribution is 2.16. The lowest BCUT2D eigenvalue weighted by molar-refractivity contribution is -0.124. The lowest BCUT2D eigenvalue weighted by Crippen LogP contribution is -2.28.